The number of hydrogen-bond donors (Lipinski definition) is 0. The lowest BCUT2D eigenvalue weighted by Gasteiger charge is -2.22. The van der Waals surface area contributed by atoms with Gasteiger partial charge in [-0.1, -0.05) is 13.8 Å². The Bertz CT molecular complexity index is 1260. The lowest BCUT2D eigenvalue weighted by molar-refractivity contribution is 0.0635. The van der Waals surface area contributed by atoms with Gasteiger partial charge in [-0.25, -0.2) is 4.79 Å². The molecule has 4 rings (SSSR count). The molecule has 10 nitrogen and oxygen atoms in total. The van der Waals surface area contributed by atoms with E-state index in [1.165, 1.54) is 23.1 Å². The summed E-state index contributed by atoms with van der Waals surface area (Å²) in [7, 11) is 0. The van der Waals surface area contributed by atoms with E-state index in [0.717, 1.165) is 0 Å². The molecule has 0 bridgehead atoms. The second-order valence-electron chi connectivity index (χ2n) is 9.62. The van der Waals surface area contributed by atoms with Crippen LogP contribution in [0.25, 0.3) is 0 Å². The van der Waals surface area contributed by atoms with Gasteiger partial charge >= 0.3 is 6.16 Å². The number of hydrogen-bond acceptors (Lipinski definition) is 7. The minimum atomic E-state index is -0.809. The predicted molar refractivity (Wildman–Crippen MR) is 137 cm³/mol. The zero-order valence-corrected chi connectivity index (χ0v) is 21.8. The van der Waals surface area contributed by atoms with E-state index >= 15 is 0 Å². The fraction of sp³-hybridized carbons (Fsp3) is 0.393. The minimum Gasteiger partial charge on any atom is -0.434 e. The molecule has 38 heavy (non-hydrogen) atoms. The molecule has 0 saturated carbocycles. The van der Waals surface area contributed by atoms with E-state index in [0.29, 0.717) is 55.8 Å². The molecule has 2 aliphatic heterocycles. The van der Waals surface area contributed by atoms with E-state index in [1.54, 1.807) is 41.0 Å². The average Bonchev–Trinajstić information content (AvgIpc) is 3.06. The van der Waals surface area contributed by atoms with Crippen LogP contribution >= 0.6 is 0 Å². The van der Waals surface area contributed by atoms with Crippen molar-refractivity contribution in [1.82, 2.24) is 14.7 Å². The summed E-state index contributed by atoms with van der Waals surface area (Å²) in [5, 5.41) is 0. The third kappa shape index (κ3) is 5.69. The van der Waals surface area contributed by atoms with E-state index in [9.17, 15) is 24.0 Å². The number of nitrogens with zero attached hydrogens (tertiary/aromatic N) is 3. The van der Waals surface area contributed by atoms with Crippen molar-refractivity contribution in [2.75, 3.05) is 39.3 Å². The van der Waals surface area contributed by atoms with Gasteiger partial charge in [-0.15, -0.1) is 0 Å². The SMILES string of the molecule is CCOC(=O)Oc1ccc(C(=O)N2CCCN(C(=O)c3ccc4c(c3)C(=O)N(CC(C)C)C4=O)CC2)cc1. The molecule has 0 aromatic heterocycles. The number of imide groups is 1. The second-order valence-corrected chi connectivity index (χ2v) is 9.62. The summed E-state index contributed by atoms with van der Waals surface area (Å²) in [5.74, 6) is -0.729. The number of fused-ring (bicyclic) bond motifs is 1. The maximum atomic E-state index is 13.3. The van der Waals surface area contributed by atoms with Gasteiger partial charge in [0.15, 0.2) is 0 Å². The third-order valence-electron chi connectivity index (χ3n) is 6.40. The molecule has 0 atom stereocenters. The van der Waals surface area contributed by atoms with E-state index in [-0.39, 0.29) is 47.5 Å². The fourth-order valence-electron chi connectivity index (χ4n) is 4.55. The van der Waals surface area contributed by atoms with Crippen LogP contribution in [0, 0.1) is 5.92 Å². The molecule has 0 unspecified atom stereocenters. The van der Waals surface area contributed by atoms with Gasteiger partial charge in [0.05, 0.1) is 17.7 Å². The van der Waals surface area contributed by atoms with Crippen LogP contribution in [0.1, 0.15) is 68.6 Å². The second kappa shape index (κ2) is 11.5. The molecule has 2 aromatic carbocycles. The number of amides is 4. The largest absolute Gasteiger partial charge is 0.513 e. The molecular weight excluding hydrogens is 490 g/mol. The highest BCUT2D eigenvalue weighted by molar-refractivity contribution is 6.22. The van der Waals surface area contributed by atoms with Crippen LogP contribution in [0.5, 0.6) is 5.75 Å². The molecule has 0 aliphatic carbocycles. The number of rotatable bonds is 6. The van der Waals surface area contributed by atoms with Gasteiger partial charge in [-0.05, 0) is 61.7 Å². The molecule has 200 valence electrons. The summed E-state index contributed by atoms with van der Waals surface area (Å²) in [5.41, 5.74) is 1.35. The number of carbonyl (C=O) groups excluding carboxylic acids is 5. The van der Waals surface area contributed by atoms with Crippen molar-refractivity contribution in [3.8, 4) is 5.75 Å². The van der Waals surface area contributed by atoms with Crippen molar-refractivity contribution >= 4 is 29.8 Å². The molecule has 0 radical (unpaired) electrons. The van der Waals surface area contributed by atoms with Crippen LogP contribution in [0.4, 0.5) is 4.79 Å². The molecule has 2 aromatic rings. The molecular formula is C28H31N3O7. The summed E-state index contributed by atoms with van der Waals surface area (Å²) in [6.07, 6.45) is -0.220. The summed E-state index contributed by atoms with van der Waals surface area (Å²) in [6.45, 7) is 7.67. The van der Waals surface area contributed by atoms with Crippen molar-refractivity contribution in [2.24, 2.45) is 5.92 Å². The quantitative estimate of drug-likeness (QED) is 0.325. The van der Waals surface area contributed by atoms with E-state index in [4.69, 9.17) is 9.47 Å². The maximum absolute atomic E-state index is 13.3. The standard InChI is InChI=1S/C28H31N3O7/c1-4-37-28(36)38-21-9-6-19(7-10-21)24(32)29-12-5-13-30(15-14-29)25(33)20-8-11-22-23(16-20)27(35)31(26(22)34)17-18(2)3/h6-11,16,18H,4-5,12-15,17H2,1-3H3. The monoisotopic (exact) mass is 521 g/mol. The summed E-state index contributed by atoms with van der Waals surface area (Å²) in [6, 6.07) is 10.9. The minimum absolute atomic E-state index is 0.136. The molecule has 1 saturated heterocycles. The van der Waals surface area contributed by atoms with Gasteiger partial charge in [-0.3, -0.25) is 24.1 Å². The van der Waals surface area contributed by atoms with Gasteiger partial charge in [0.2, 0.25) is 0 Å². The average molecular weight is 522 g/mol. The molecule has 0 N–H and O–H groups in total. The van der Waals surface area contributed by atoms with Crippen molar-refractivity contribution < 1.29 is 33.4 Å². The maximum Gasteiger partial charge on any atom is 0.513 e. The smallest absolute Gasteiger partial charge is 0.434 e. The predicted octanol–water partition coefficient (Wildman–Crippen LogP) is 3.46. The Morgan fingerprint density at radius 1 is 0.816 bits per heavy atom. The molecule has 1 fully saturated rings. The first-order valence-electron chi connectivity index (χ1n) is 12.7. The Morgan fingerprint density at radius 3 is 2.00 bits per heavy atom. The summed E-state index contributed by atoms with van der Waals surface area (Å²) >= 11 is 0. The van der Waals surface area contributed by atoms with Crippen molar-refractivity contribution in [1.29, 1.82) is 0 Å². The van der Waals surface area contributed by atoms with Crippen molar-refractivity contribution in [3.05, 3.63) is 64.7 Å². The highest BCUT2D eigenvalue weighted by atomic mass is 16.7. The molecule has 2 heterocycles. The van der Waals surface area contributed by atoms with Gasteiger partial charge < -0.3 is 19.3 Å². The lowest BCUT2D eigenvalue weighted by atomic mass is 10.0. The van der Waals surface area contributed by atoms with Crippen LogP contribution in [-0.4, -0.2) is 83.8 Å². The van der Waals surface area contributed by atoms with Crippen LogP contribution < -0.4 is 4.74 Å². The number of ether oxygens (including phenoxy) is 2. The van der Waals surface area contributed by atoms with Gasteiger partial charge in [0.1, 0.15) is 5.75 Å². The normalized spacial score (nSPS) is 15.4. The van der Waals surface area contributed by atoms with Crippen LogP contribution in [-0.2, 0) is 4.74 Å². The zero-order chi connectivity index (χ0) is 27.4. The molecule has 10 heteroatoms. The first-order chi connectivity index (χ1) is 18.2. The molecule has 4 amide bonds. The summed E-state index contributed by atoms with van der Waals surface area (Å²) in [4.78, 5) is 67.8. The number of benzene rings is 2. The Balaban J connectivity index is 1.39. The molecule has 2 aliphatic rings. The van der Waals surface area contributed by atoms with E-state index in [1.807, 2.05) is 13.8 Å². The fourth-order valence-corrected chi connectivity index (χ4v) is 4.55. The topological polar surface area (TPSA) is 114 Å². The Morgan fingerprint density at radius 2 is 1.39 bits per heavy atom. The van der Waals surface area contributed by atoms with Crippen LogP contribution in [0.15, 0.2) is 42.5 Å². The van der Waals surface area contributed by atoms with Gasteiger partial charge in [-0.2, -0.15) is 0 Å². The number of carbonyl (C=O) groups is 5. The highest BCUT2D eigenvalue weighted by Gasteiger charge is 2.36. The van der Waals surface area contributed by atoms with Crippen LogP contribution in [0.3, 0.4) is 0 Å². The van der Waals surface area contributed by atoms with Gasteiger partial charge in [0.25, 0.3) is 23.6 Å². The summed E-state index contributed by atoms with van der Waals surface area (Å²) < 4.78 is 9.77. The molecule has 0 spiro atoms. The zero-order valence-electron chi connectivity index (χ0n) is 21.8. The van der Waals surface area contributed by atoms with Crippen molar-refractivity contribution in [2.45, 2.75) is 27.2 Å². The Labute approximate surface area is 221 Å². The Kier molecular flexibility index (Phi) is 8.09. The first-order valence-corrected chi connectivity index (χ1v) is 12.7. The first kappa shape index (κ1) is 26.8. The Hall–Kier alpha value is -4.21. The lowest BCUT2D eigenvalue weighted by Crippen LogP contribution is -2.37. The van der Waals surface area contributed by atoms with Crippen molar-refractivity contribution in [3.63, 3.8) is 0 Å². The third-order valence-corrected chi connectivity index (χ3v) is 6.40. The van der Waals surface area contributed by atoms with E-state index < -0.39 is 6.16 Å². The van der Waals surface area contributed by atoms with Crippen LogP contribution in [0.2, 0.25) is 0 Å². The van der Waals surface area contributed by atoms with E-state index in [2.05, 4.69) is 0 Å². The highest BCUT2D eigenvalue weighted by Crippen LogP contribution is 2.26. The van der Waals surface area contributed by atoms with Gasteiger partial charge in [0, 0.05) is 43.9 Å².